The Morgan fingerprint density at radius 2 is 2.18 bits per heavy atom. The molecule has 0 aromatic heterocycles. The summed E-state index contributed by atoms with van der Waals surface area (Å²) in [5.41, 5.74) is 1.27. The summed E-state index contributed by atoms with van der Waals surface area (Å²) < 4.78 is 11.4. The van der Waals surface area contributed by atoms with Gasteiger partial charge in [0.25, 0.3) is 0 Å². The van der Waals surface area contributed by atoms with Crippen molar-refractivity contribution in [3.63, 3.8) is 0 Å². The second-order valence-electron chi connectivity index (χ2n) is 8.76. The average Bonchev–Trinajstić information content (AvgIpc) is 2.66. The second-order valence-corrected chi connectivity index (χ2v) is 8.76. The molecule has 3 rings (SSSR count). The van der Waals surface area contributed by atoms with E-state index in [0.717, 1.165) is 32.1 Å². The van der Waals surface area contributed by atoms with Gasteiger partial charge in [0.15, 0.2) is 0 Å². The van der Waals surface area contributed by atoms with Gasteiger partial charge in [-0.15, -0.1) is 0 Å². The lowest BCUT2D eigenvalue weighted by molar-refractivity contribution is -0.162. The number of fused-ring (bicyclic) bond motifs is 1. The normalized spacial score (nSPS) is 36.1. The third kappa shape index (κ3) is 4.86. The molecule has 1 saturated heterocycles. The molecule has 1 fully saturated rings. The Hall–Kier alpha value is -1.62. The van der Waals surface area contributed by atoms with Crippen LogP contribution < -0.4 is 0 Å². The zero-order valence-electron chi connectivity index (χ0n) is 17.3. The third-order valence-electron chi connectivity index (χ3n) is 6.69. The Labute approximate surface area is 168 Å². The molecule has 7 atom stereocenters. The molecule has 0 aromatic rings. The lowest BCUT2D eigenvalue weighted by atomic mass is 9.66. The van der Waals surface area contributed by atoms with E-state index >= 15 is 0 Å². The molecule has 156 valence electrons. The highest BCUT2D eigenvalue weighted by Gasteiger charge is 2.40. The predicted octanol–water partition coefficient (Wildman–Crippen LogP) is 3.95. The maximum absolute atomic E-state index is 12.4. The van der Waals surface area contributed by atoms with E-state index in [1.807, 2.05) is 13.8 Å². The molecular weight excluding hydrogens is 356 g/mol. The van der Waals surface area contributed by atoms with Gasteiger partial charge < -0.3 is 14.6 Å². The van der Waals surface area contributed by atoms with Crippen molar-refractivity contribution < 1.29 is 24.2 Å². The van der Waals surface area contributed by atoms with E-state index in [9.17, 15) is 14.7 Å². The molecular formula is C23H34O5. The van der Waals surface area contributed by atoms with E-state index in [-0.39, 0.29) is 42.4 Å². The Balaban J connectivity index is 1.70. The van der Waals surface area contributed by atoms with Gasteiger partial charge in [-0.25, -0.2) is 0 Å². The number of hydrogen-bond donors (Lipinski definition) is 1. The minimum Gasteiger partial charge on any atom is -0.462 e. The minimum atomic E-state index is -0.593. The van der Waals surface area contributed by atoms with Gasteiger partial charge in [0.05, 0.1) is 18.4 Å². The zero-order valence-corrected chi connectivity index (χ0v) is 17.3. The molecule has 0 aromatic carbocycles. The van der Waals surface area contributed by atoms with Gasteiger partial charge >= 0.3 is 11.9 Å². The summed E-state index contributed by atoms with van der Waals surface area (Å²) in [7, 11) is 0. The van der Waals surface area contributed by atoms with E-state index in [2.05, 4.69) is 25.2 Å². The molecule has 0 spiro atoms. The van der Waals surface area contributed by atoms with Crippen LogP contribution in [0.4, 0.5) is 0 Å². The van der Waals surface area contributed by atoms with Crippen LogP contribution in [0.2, 0.25) is 0 Å². The molecule has 28 heavy (non-hydrogen) atoms. The van der Waals surface area contributed by atoms with Gasteiger partial charge in [0.2, 0.25) is 0 Å². The number of ether oxygens (including phenoxy) is 2. The highest BCUT2D eigenvalue weighted by atomic mass is 16.5. The number of allylic oxidation sites excluding steroid dienone is 3. The third-order valence-corrected chi connectivity index (χ3v) is 6.69. The monoisotopic (exact) mass is 390 g/mol. The molecule has 0 radical (unpaired) electrons. The largest absolute Gasteiger partial charge is 0.462 e. The molecule has 3 aliphatic rings. The van der Waals surface area contributed by atoms with Gasteiger partial charge in [-0.05, 0) is 49.5 Å². The van der Waals surface area contributed by atoms with Crippen LogP contribution in [0.5, 0.6) is 0 Å². The van der Waals surface area contributed by atoms with E-state index in [4.69, 9.17) is 9.47 Å². The van der Waals surface area contributed by atoms with Gasteiger partial charge in [-0.3, -0.25) is 9.59 Å². The minimum absolute atomic E-state index is 0.0764. The van der Waals surface area contributed by atoms with E-state index in [1.165, 1.54) is 5.57 Å². The number of aliphatic hydroxyl groups is 1. The summed E-state index contributed by atoms with van der Waals surface area (Å²) in [5.74, 6) is 0.426. The Morgan fingerprint density at radius 1 is 1.39 bits per heavy atom. The van der Waals surface area contributed by atoms with Crippen molar-refractivity contribution in [1.29, 1.82) is 0 Å². The molecule has 1 heterocycles. The SMILES string of the molecule is CC[C@H](C)C(=O)O[C@@H]1CCC=C2C=C[C@@H](C)[C@@H](CC[C@@H]3C[C@H](O)CC(=O)O3)[C@@H]21. The van der Waals surface area contributed by atoms with Crippen LogP contribution in [0.3, 0.4) is 0 Å². The first-order valence-electron chi connectivity index (χ1n) is 10.8. The number of carbonyl (C=O) groups is 2. The van der Waals surface area contributed by atoms with Crippen molar-refractivity contribution >= 4 is 11.9 Å². The van der Waals surface area contributed by atoms with Crippen molar-refractivity contribution in [3.8, 4) is 0 Å². The highest BCUT2D eigenvalue weighted by Crippen LogP contribution is 2.44. The fourth-order valence-corrected chi connectivity index (χ4v) is 4.80. The van der Waals surface area contributed by atoms with Gasteiger partial charge in [0, 0.05) is 12.3 Å². The first-order chi connectivity index (χ1) is 13.4. The van der Waals surface area contributed by atoms with Crippen LogP contribution in [0.25, 0.3) is 0 Å². The smallest absolute Gasteiger partial charge is 0.308 e. The lowest BCUT2D eigenvalue weighted by Crippen LogP contribution is -2.40. The molecule has 0 bridgehead atoms. The zero-order chi connectivity index (χ0) is 20.3. The van der Waals surface area contributed by atoms with Crippen LogP contribution in [-0.2, 0) is 19.1 Å². The molecule has 2 aliphatic carbocycles. The number of cyclic esters (lactones) is 1. The van der Waals surface area contributed by atoms with Crippen LogP contribution in [0.1, 0.15) is 65.7 Å². The Kier molecular flexibility index (Phi) is 6.97. The number of esters is 2. The molecule has 0 unspecified atom stereocenters. The fourth-order valence-electron chi connectivity index (χ4n) is 4.80. The van der Waals surface area contributed by atoms with Crippen LogP contribution in [0, 0.1) is 23.7 Å². The molecule has 1 aliphatic heterocycles. The molecule has 1 N–H and O–H groups in total. The Bertz CT molecular complexity index is 637. The van der Waals surface area contributed by atoms with E-state index < -0.39 is 6.10 Å². The van der Waals surface area contributed by atoms with Crippen molar-refractivity contribution in [2.75, 3.05) is 0 Å². The quantitative estimate of drug-likeness (QED) is 0.695. The first kappa shape index (κ1) is 21.1. The molecule has 5 nitrogen and oxygen atoms in total. The average molecular weight is 391 g/mol. The van der Waals surface area contributed by atoms with Gasteiger partial charge in [-0.1, -0.05) is 39.0 Å². The predicted molar refractivity (Wildman–Crippen MR) is 106 cm³/mol. The second kappa shape index (κ2) is 9.25. The highest BCUT2D eigenvalue weighted by molar-refractivity contribution is 5.72. The van der Waals surface area contributed by atoms with Gasteiger partial charge in [0.1, 0.15) is 12.2 Å². The summed E-state index contributed by atoms with van der Waals surface area (Å²) in [6.45, 7) is 6.14. The maximum Gasteiger partial charge on any atom is 0.308 e. The van der Waals surface area contributed by atoms with Crippen LogP contribution >= 0.6 is 0 Å². The van der Waals surface area contributed by atoms with Gasteiger partial charge in [-0.2, -0.15) is 0 Å². The number of hydrogen-bond acceptors (Lipinski definition) is 5. The van der Waals surface area contributed by atoms with Crippen molar-refractivity contribution in [2.45, 2.75) is 84.0 Å². The summed E-state index contributed by atoms with van der Waals surface area (Å²) in [6, 6.07) is 0. The van der Waals surface area contributed by atoms with Crippen LogP contribution in [-0.4, -0.2) is 35.4 Å². The summed E-state index contributed by atoms with van der Waals surface area (Å²) in [6.07, 6.45) is 10.6. The Morgan fingerprint density at radius 3 is 2.89 bits per heavy atom. The standard InChI is InChI=1S/C23H34O5/c1-4-14(2)23(26)28-20-7-5-6-16-9-8-15(3)19(22(16)20)11-10-18-12-17(24)13-21(25)27-18/h6,8-9,14-15,17-20,22,24H,4-5,7,10-13H2,1-3H3/t14-,15+,17-,18+,19+,20+,22+/m0/s1. The van der Waals surface area contributed by atoms with Crippen molar-refractivity contribution in [2.24, 2.45) is 23.7 Å². The summed E-state index contributed by atoms with van der Waals surface area (Å²) >= 11 is 0. The topological polar surface area (TPSA) is 72.8 Å². The number of rotatable bonds is 6. The van der Waals surface area contributed by atoms with Crippen LogP contribution in [0.15, 0.2) is 23.8 Å². The van der Waals surface area contributed by atoms with E-state index in [0.29, 0.717) is 18.3 Å². The molecule has 5 heteroatoms. The number of carbonyl (C=O) groups excluding carboxylic acids is 2. The van der Waals surface area contributed by atoms with E-state index in [1.54, 1.807) is 0 Å². The van der Waals surface area contributed by atoms with Crippen molar-refractivity contribution in [3.05, 3.63) is 23.8 Å². The summed E-state index contributed by atoms with van der Waals surface area (Å²) in [4.78, 5) is 24.1. The molecule has 0 amide bonds. The summed E-state index contributed by atoms with van der Waals surface area (Å²) in [5, 5.41) is 9.86. The first-order valence-corrected chi connectivity index (χ1v) is 10.8. The fraction of sp³-hybridized carbons (Fsp3) is 0.739. The number of aliphatic hydroxyl groups excluding tert-OH is 1. The maximum atomic E-state index is 12.4. The van der Waals surface area contributed by atoms with Crippen molar-refractivity contribution in [1.82, 2.24) is 0 Å². The molecule has 0 saturated carbocycles. The lowest BCUT2D eigenvalue weighted by Gasteiger charge is -2.42.